The SMILES string of the molecule is CCOC(=O)N1CCC(Nc2nccc(N3CCCc4ccc(-c5ccccc5)nc43)n2)CC1. The summed E-state index contributed by atoms with van der Waals surface area (Å²) in [4.78, 5) is 30.2. The van der Waals surface area contributed by atoms with Crippen LogP contribution in [0, 0.1) is 0 Å². The van der Waals surface area contributed by atoms with E-state index in [1.54, 1.807) is 11.1 Å². The number of aromatic nitrogens is 3. The van der Waals surface area contributed by atoms with Crippen molar-refractivity contribution in [3.8, 4) is 11.3 Å². The molecule has 2 aliphatic rings. The number of hydrogen-bond acceptors (Lipinski definition) is 7. The number of nitrogens with zero attached hydrogens (tertiary/aromatic N) is 5. The van der Waals surface area contributed by atoms with Crippen LogP contribution < -0.4 is 10.2 Å². The summed E-state index contributed by atoms with van der Waals surface area (Å²) < 4.78 is 5.11. The van der Waals surface area contributed by atoms with Crippen LogP contribution >= 0.6 is 0 Å². The lowest BCUT2D eigenvalue weighted by molar-refractivity contribution is 0.0983. The Morgan fingerprint density at radius 1 is 1.06 bits per heavy atom. The highest BCUT2D eigenvalue weighted by Crippen LogP contribution is 2.33. The highest BCUT2D eigenvalue weighted by atomic mass is 16.6. The van der Waals surface area contributed by atoms with Crippen LogP contribution in [-0.2, 0) is 11.2 Å². The number of aryl methyl sites for hydroxylation is 1. The smallest absolute Gasteiger partial charge is 0.409 e. The summed E-state index contributed by atoms with van der Waals surface area (Å²) in [6.07, 6.45) is 5.31. The number of carbonyl (C=O) groups is 1. The molecule has 1 N–H and O–H groups in total. The third-order valence-corrected chi connectivity index (χ3v) is 6.38. The van der Waals surface area contributed by atoms with E-state index in [-0.39, 0.29) is 12.1 Å². The molecule has 1 aromatic carbocycles. The summed E-state index contributed by atoms with van der Waals surface area (Å²) >= 11 is 0. The fourth-order valence-electron chi connectivity index (χ4n) is 4.61. The standard InChI is InChI=1S/C26H30N6O2/c1-2-34-26(33)31-17-13-21(14-18-31)28-25-27-15-12-23(30-25)32-16-6-9-20-10-11-22(29-24(20)32)19-7-4-3-5-8-19/h3-5,7-8,10-12,15,21H,2,6,9,13-14,16-18H2,1H3,(H,27,28,30). The van der Waals surface area contributed by atoms with E-state index in [0.29, 0.717) is 25.6 Å². The minimum atomic E-state index is -0.231. The van der Waals surface area contributed by atoms with Gasteiger partial charge in [0.1, 0.15) is 11.6 Å². The molecule has 0 radical (unpaired) electrons. The van der Waals surface area contributed by atoms with Crippen molar-refractivity contribution in [1.29, 1.82) is 0 Å². The summed E-state index contributed by atoms with van der Waals surface area (Å²) in [5, 5.41) is 3.46. The maximum atomic E-state index is 11.9. The van der Waals surface area contributed by atoms with E-state index in [0.717, 1.165) is 55.1 Å². The number of fused-ring (bicyclic) bond motifs is 1. The molecule has 2 aromatic heterocycles. The number of benzene rings is 1. The summed E-state index contributed by atoms with van der Waals surface area (Å²) in [5.41, 5.74) is 3.31. The topological polar surface area (TPSA) is 83.5 Å². The summed E-state index contributed by atoms with van der Waals surface area (Å²) in [5.74, 6) is 2.43. The average molecular weight is 459 g/mol. The molecule has 176 valence electrons. The molecule has 2 aliphatic heterocycles. The molecule has 8 heteroatoms. The van der Waals surface area contributed by atoms with Gasteiger partial charge in [-0.05, 0) is 50.3 Å². The molecule has 0 spiro atoms. The van der Waals surface area contributed by atoms with Gasteiger partial charge in [0.25, 0.3) is 0 Å². The molecule has 8 nitrogen and oxygen atoms in total. The second-order valence-electron chi connectivity index (χ2n) is 8.64. The first-order valence-corrected chi connectivity index (χ1v) is 12.1. The minimum absolute atomic E-state index is 0.220. The molecule has 0 atom stereocenters. The molecule has 0 aliphatic carbocycles. The van der Waals surface area contributed by atoms with Gasteiger partial charge in [0.15, 0.2) is 0 Å². The lowest BCUT2D eigenvalue weighted by Crippen LogP contribution is -2.42. The van der Waals surface area contributed by atoms with Gasteiger partial charge in [-0.2, -0.15) is 4.98 Å². The van der Waals surface area contributed by atoms with E-state index in [9.17, 15) is 4.79 Å². The number of piperidine rings is 1. The third kappa shape index (κ3) is 4.81. The van der Waals surface area contributed by atoms with Crippen LogP contribution in [0.5, 0.6) is 0 Å². The van der Waals surface area contributed by atoms with E-state index in [1.165, 1.54) is 5.56 Å². The van der Waals surface area contributed by atoms with Gasteiger partial charge in [0, 0.05) is 37.4 Å². The molecule has 1 fully saturated rings. The van der Waals surface area contributed by atoms with Gasteiger partial charge in [-0.15, -0.1) is 0 Å². The van der Waals surface area contributed by atoms with Crippen molar-refractivity contribution in [2.75, 3.05) is 36.5 Å². The first kappa shape index (κ1) is 22.1. The van der Waals surface area contributed by atoms with Crippen LogP contribution in [0.1, 0.15) is 31.7 Å². The van der Waals surface area contributed by atoms with Crippen LogP contribution in [-0.4, -0.2) is 58.2 Å². The second kappa shape index (κ2) is 10.1. The van der Waals surface area contributed by atoms with E-state index in [1.807, 2.05) is 31.2 Å². The number of carbonyl (C=O) groups excluding carboxylic acids is 1. The van der Waals surface area contributed by atoms with E-state index >= 15 is 0 Å². The van der Waals surface area contributed by atoms with Crippen molar-refractivity contribution in [3.63, 3.8) is 0 Å². The van der Waals surface area contributed by atoms with Gasteiger partial charge < -0.3 is 19.9 Å². The van der Waals surface area contributed by atoms with Crippen LogP contribution in [0.15, 0.2) is 54.7 Å². The number of ether oxygens (including phenoxy) is 1. The maximum Gasteiger partial charge on any atom is 0.409 e. The third-order valence-electron chi connectivity index (χ3n) is 6.38. The lowest BCUT2D eigenvalue weighted by Gasteiger charge is -2.32. The van der Waals surface area contributed by atoms with Gasteiger partial charge in [-0.1, -0.05) is 36.4 Å². The van der Waals surface area contributed by atoms with Crippen molar-refractivity contribution >= 4 is 23.7 Å². The minimum Gasteiger partial charge on any atom is -0.450 e. The quantitative estimate of drug-likeness (QED) is 0.595. The molecule has 1 amide bonds. The van der Waals surface area contributed by atoms with Crippen LogP contribution in [0.4, 0.5) is 22.4 Å². The fourth-order valence-corrected chi connectivity index (χ4v) is 4.61. The molecule has 3 aromatic rings. The Bertz CT molecular complexity index is 1130. The number of rotatable bonds is 5. The highest BCUT2D eigenvalue weighted by molar-refractivity contribution is 5.68. The Kier molecular flexibility index (Phi) is 6.56. The van der Waals surface area contributed by atoms with Crippen LogP contribution in [0.3, 0.4) is 0 Å². The molecule has 34 heavy (non-hydrogen) atoms. The molecule has 1 saturated heterocycles. The zero-order chi connectivity index (χ0) is 23.3. The summed E-state index contributed by atoms with van der Waals surface area (Å²) in [7, 11) is 0. The van der Waals surface area contributed by atoms with E-state index in [4.69, 9.17) is 14.7 Å². The van der Waals surface area contributed by atoms with Crippen LogP contribution in [0.25, 0.3) is 11.3 Å². The van der Waals surface area contributed by atoms with Gasteiger partial charge in [-0.3, -0.25) is 0 Å². The van der Waals surface area contributed by atoms with Crippen LogP contribution in [0.2, 0.25) is 0 Å². The molecule has 5 rings (SSSR count). The predicted octanol–water partition coefficient (Wildman–Crippen LogP) is 4.66. The lowest BCUT2D eigenvalue weighted by atomic mass is 10.0. The molecule has 0 unspecified atom stereocenters. The number of nitrogens with one attached hydrogen (secondary N) is 1. The Balaban J connectivity index is 1.31. The van der Waals surface area contributed by atoms with Crippen molar-refractivity contribution in [1.82, 2.24) is 19.9 Å². The average Bonchev–Trinajstić information content (AvgIpc) is 2.89. The molecule has 4 heterocycles. The number of hydrogen-bond donors (Lipinski definition) is 1. The second-order valence-corrected chi connectivity index (χ2v) is 8.64. The molecular weight excluding hydrogens is 428 g/mol. The van der Waals surface area contributed by atoms with Crippen molar-refractivity contribution < 1.29 is 9.53 Å². The van der Waals surface area contributed by atoms with E-state index < -0.39 is 0 Å². The zero-order valence-corrected chi connectivity index (χ0v) is 19.5. The fraction of sp³-hybridized carbons (Fsp3) is 0.385. The Hall–Kier alpha value is -3.68. The molecular formula is C26H30N6O2. The first-order chi connectivity index (χ1) is 16.7. The van der Waals surface area contributed by atoms with E-state index in [2.05, 4.69) is 39.5 Å². The van der Waals surface area contributed by atoms with Crippen molar-refractivity contribution in [2.24, 2.45) is 0 Å². The van der Waals surface area contributed by atoms with Crippen molar-refractivity contribution in [3.05, 3.63) is 60.3 Å². The van der Waals surface area contributed by atoms with Gasteiger partial charge in [0.05, 0.1) is 12.3 Å². The first-order valence-electron chi connectivity index (χ1n) is 12.1. The number of likely N-dealkylation sites (tertiary alicyclic amines) is 1. The van der Waals surface area contributed by atoms with Gasteiger partial charge >= 0.3 is 6.09 Å². The molecule has 0 bridgehead atoms. The largest absolute Gasteiger partial charge is 0.450 e. The monoisotopic (exact) mass is 458 g/mol. The Morgan fingerprint density at radius 2 is 1.88 bits per heavy atom. The number of anilines is 3. The molecule has 0 saturated carbocycles. The Labute approximate surface area is 200 Å². The predicted molar refractivity (Wildman–Crippen MR) is 132 cm³/mol. The number of pyridine rings is 1. The zero-order valence-electron chi connectivity index (χ0n) is 19.5. The Morgan fingerprint density at radius 3 is 2.68 bits per heavy atom. The van der Waals surface area contributed by atoms with Gasteiger partial charge in [0.2, 0.25) is 5.95 Å². The summed E-state index contributed by atoms with van der Waals surface area (Å²) in [6, 6.07) is 16.7. The maximum absolute atomic E-state index is 11.9. The number of amides is 1. The van der Waals surface area contributed by atoms with Crippen molar-refractivity contribution in [2.45, 2.75) is 38.6 Å². The van der Waals surface area contributed by atoms with Gasteiger partial charge in [-0.25, -0.2) is 14.8 Å². The highest BCUT2D eigenvalue weighted by Gasteiger charge is 2.25. The normalized spacial score (nSPS) is 16.1. The summed E-state index contributed by atoms with van der Waals surface area (Å²) in [6.45, 7) is 4.44.